The normalized spacial score (nSPS) is 33.8. The standard InChI is InChI=1S/C11H16O4.C2H6/c1-15-9(14)11-4-2-10(7-11,3-5-11)6-8(12)13;1-2/h2-7H2,1H3,(H,12,13);1-2H3. The first kappa shape index (κ1) is 14.0. The molecule has 0 amide bonds. The van der Waals surface area contributed by atoms with Crippen molar-refractivity contribution in [1.29, 1.82) is 0 Å². The Morgan fingerprint density at radius 3 is 2.12 bits per heavy atom. The number of ether oxygens (including phenoxy) is 1. The van der Waals surface area contributed by atoms with E-state index in [-0.39, 0.29) is 23.2 Å². The highest BCUT2D eigenvalue weighted by Crippen LogP contribution is 2.63. The van der Waals surface area contributed by atoms with Crippen molar-refractivity contribution < 1.29 is 19.4 Å². The molecule has 0 radical (unpaired) electrons. The van der Waals surface area contributed by atoms with Gasteiger partial charge in [-0.1, -0.05) is 13.8 Å². The molecule has 0 aromatic rings. The van der Waals surface area contributed by atoms with E-state index in [1.165, 1.54) is 7.11 Å². The van der Waals surface area contributed by atoms with E-state index in [0.29, 0.717) is 6.42 Å². The summed E-state index contributed by atoms with van der Waals surface area (Å²) in [5.41, 5.74) is -0.482. The number of carboxylic acids is 1. The van der Waals surface area contributed by atoms with Crippen LogP contribution in [0.5, 0.6) is 0 Å². The second-order valence-electron chi connectivity index (χ2n) is 5.02. The molecule has 0 unspecified atom stereocenters. The van der Waals surface area contributed by atoms with Gasteiger partial charge in [0.05, 0.1) is 18.9 Å². The Labute approximate surface area is 102 Å². The first-order valence-electron chi connectivity index (χ1n) is 6.32. The summed E-state index contributed by atoms with van der Waals surface area (Å²) in [4.78, 5) is 22.4. The average Bonchev–Trinajstić information content (AvgIpc) is 2.86. The van der Waals surface area contributed by atoms with Crippen molar-refractivity contribution in [2.45, 2.75) is 52.4 Å². The zero-order valence-electron chi connectivity index (χ0n) is 10.9. The SMILES string of the molecule is CC.COC(=O)C12CCC(CC(=O)O)(CC1)C2. The molecule has 0 aromatic heterocycles. The summed E-state index contributed by atoms with van der Waals surface area (Å²) in [5, 5.41) is 8.85. The number of rotatable bonds is 3. The molecule has 98 valence electrons. The van der Waals surface area contributed by atoms with E-state index in [1.54, 1.807) is 0 Å². The van der Waals surface area contributed by atoms with Crippen LogP contribution in [0.15, 0.2) is 0 Å². The van der Waals surface area contributed by atoms with Gasteiger partial charge in [0, 0.05) is 0 Å². The van der Waals surface area contributed by atoms with E-state index < -0.39 is 5.97 Å². The number of carbonyl (C=O) groups excluding carboxylic acids is 1. The van der Waals surface area contributed by atoms with Crippen LogP contribution in [0.25, 0.3) is 0 Å². The van der Waals surface area contributed by atoms with E-state index >= 15 is 0 Å². The van der Waals surface area contributed by atoms with Crippen LogP contribution in [-0.2, 0) is 14.3 Å². The van der Waals surface area contributed by atoms with Gasteiger partial charge in [-0.25, -0.2) is 0 Å². The topological polar surface area (TPSA) is 63.6 Å². The Morgan fingerprint density at radius 1 is 1.18 bits per heavy atom. The molecule has 0 aliphatic heterocycles. The molecule has 2 rings (SSSR count). The lowest BCUT2D eigenvalue weighted by molar-refractivity contribution is -0.152. The maximum absolute atomic E-state index is 11.7. The van der Waals surface area contributed by atoms with Gasteiger partial charge in [-0.15, -0.1) is 0 Å². The van der Waals surface area contributed by atoms with Gasteiger partial charge < -0.3 is 9.84 Å². The summed E-state index contributed by atoms with van der Waals surface area (Å²) in [5.74, 6) is -0.898. The molecular formula is C13H22O4. The summed E-state index contributed by atoms with van der Waals surface area (Å²) in [6.45, 7) is 4.00. The number of hydrogen-bond acceptors (Lipinski definition) is 3. The van der Waals surface area contributed by atoms with Gasteiger partial charge in [0.25, 0.3) is 0 Å². The fourth-order valence-electron chi connectivity index (χ4n) is 3.38. The van der Waals surface area contributed by atoms with Crippen molar-refractivity contribution in [3.05, 3.63) is 0 Å². The lowest BCUT2D eigenvalue weighted by Gasteiger charge is -2.25. The van der Waals surface area contributed by atoms with Crippen LogP contribution in [0.4, 0.5) is 0 Å². The Bertz CT molecular complexity index is 301. The van der Waals surface area contributed by atoms with Gasteiger partial charge in [0.15, 0.2) is 0 Å². The van der Waals surface area contributed by atoms with Gasteiger partial charge in [0.2, 0.25) is 0 Å². The highest BCUT2D eigenvalue weighted by Gasteiger charge is 2.59. The molecule has 0 atom stereocenters. The van der Waals surface area contributed by atoms with Gasteiger partial charge in [-0.3, -0.25) is 9.59 Å². The van der Waals surface area contributed by atoms with Crippen molar-refractivity contribution in [2.75, 3.05) is 7.11 Å². The number of aliphatic carboxylic acids is 1. The third-order valence-corrected chi connectivity index (χ3v) is 4.13. The molecule has 1 N–H and O–H groups in total. The van der Waals surface area contributed by atoms with E-state index in [2.05, 4.69) is 0 Å². The molecule has 0 heterocycles. The molecule has 4 heteroatoms. The maximum Gasteiger partial charge on any atom is 0.311 e. The number of fused-ring (bicyclic) bond motifs is 2. The lowest BCUT2D eigenvalue weighted by atomic mass is 9.80. The smallest absolute Gasteiger partial charge is 0.311 e. The minimum atomic E-state index is -0.752. The number of carbonyl (C=O) groups is 2. The highest BCUT2D eigenvalue weighted by atomic mass is 16.5. The maximum atomic E-state index is 11.7. The third-order valence-electron chi connectivity index (χ3n) is 4.13. The lowest BCUT2D eigenvalue weighted by Crippen LogP contribution is -2.27. The molecule has 2 saturated carbocycles. The van der Waals surface area contributed by atoms with Gasteiger partial charge in [-0.05, 0) is 37.5 Å². The minimum absolute atomic E-state index is 0.125. The summed E-state index contributed by atoms with van der Waals surface area (Å²) < 4.78 is 4.82. The zero-order chi connectivity index (χ0) is 13.1. The summed E-state index contributed by atoms with van der Waals surface area (Å²) in [6.07, 6.45) is 4.22. The molecule has 2 fully saturated rings. The fraction of sp³-hybridized carbons (Fsp3) is 0.846. The van der Waals surface area contributed by atoms with Crippen LogP contribution in [0.3, 0.4) is 0 Å². The monoisotopic (exact) mass is 242 g/mol. The van der Waals surface area contributed by atoms with Crippen molar-refractivity contribution in [1.82, 2.24) is 0 Å². The van der Waals surface area contributed by atoms with Crippen molar-refractivity contribution >= 4 is 11.9 Å². The van der Waals surface area contributed by atoms with Crippen LogP contribution in [-0.4, -0.2) is 24.2 Å². The first-order chi connectivity index (χ1) is 8.02. The van der Waals surface area contributed by atoms with Crippen LogP contribution in [0.1, 0.15) is 52.4 Å². The number of methoxy groups -OCH3 is 1. The van der Waals surface area contributed by atoms with E-state index in [9.17, 15) is 9.59 Å². The van der Waals surface area contributed by atoms with Crippen LogP contribution in [0.2, 0.25) is 0 Å². The van der Waals surface area contributed by atoms with Crippen molar-refractivity contribution in [3.8, 4) is 0 Å². The predicted octanol–water partition coefficient (Wildman–Crippen LogP) is 2.61. The van der Waals surface area contributed by atoms with Crippen LogP contribution < -0.4 is 0 Å². The molecule has 2 bridgehead atoms. The van der Waals surface area contributed by atoms with Crippen LogP contribution in [0, 0.1) is 10.8 Å². The Balaban J connectivity index is 0.000000686. The number of carboxylic acid groups (broad SMARTS) is 1. The summed E-state index contributed by atoms with van der Waals surface area (Å²) in [7, 11) is 1.41. The Morgan fingerprint density at radius 2 is 1.71 bits per heavy atom. The summed E-state index contributed by atoms with van der Waals surface area (Å²) >= 11 is 0. The van der Waals surface area contributed by atoms with Crippen molar-refractivity contribution in [2.24, 2.45) is 10.8 Å². The highest BCUT2D eigenvalue weighted by molar-refractivity contribution is 5.78. The second-order valence-corrected chi connectivity index (χ2v) is 5.02. The molecular weight excluding hydrogens is 220 g/mol. The average molecular weight is 242 g/mol. The van der Waals surface area contributed by atoms with Gasteiger partial charge in [0.1, 0.15) is 0 Å². The number of esters is 1. The number of hydrogen-bond donors (Lipinski definition) is 1. The van der Waals surface area contributed by atoms with E-state index in [4.69, 9.17) is 9.84 Å². The molecule has 0 spiro atoms. The molecule has 4 nitrogen and oxygen atoms in total. The van der Waals surface area contributed by atoms with E-state index in [1.807, 2.05) is 13.8 Å². The van der Waals surface area contributed by atoms with Gasteiger partial charge >= 0.3 is 11.9 Å². The van der Waals surface area contributed by atoms with Crippen LogP contribution >= 0.6 is 0 Å². The first-order valence-corrected chi connectivity index (χ1v) is 6.32. The molecule has 17 heavy (non-hydrogen) atoms. The molecule has 0 saturated heterocycles. The third kappa shape index (κ3) is 2.45. The summed E-state index contributed by atoms with van der Waals surface area (Å²) in [6, 6.07) is 0. The second kappa shape index (κ2) is 5.07. The molecule has 2 aliphatic carbocycles. The largest absolute Gasteiger partial charge is 0.481 e. The Kier molecular flexibility index (Phi) is 4.17. The Hall–Kier alpha value is -1.06. The van der Waals surface area contributed by atoms with E-state index in [0.717, 1.165) is 25.7 Å². The predicted molar refractivity (Wildman–Crippen MR) is 63.6 cm³/mol. The minimum Gasteiger partial charge on any atom is -0.481 e. The van der Waals surface area contributed by atoms with Crippen molar-refractivity contribution in [3.63, 3.8) is 0 Å². The fourth-order valence-corrected chi connectivity index (χ4v) is 3.38. The van der Waals surface area contributed by atoms with Gasteiger partial charge in [-0.2, -0.15) is 0 Å². The zero-order valence-corrected chi connectivity index (χ0v) is 10.9. The molecule has 0 aromatic carbocycles. The molecule has 2 aliphatic rings. The quantitative estimate of drug-likeness (QED) is 0.773.